The van der Waals surface area contributed by atoms with Crippen LogP contribution in [0.3, 0.4) is 0 Å². The van der Waals surface area contributed by atoms with Gasteiger partial charge in [-0.2, -0.15) is 0 Å². The molecule has 15 rings (SSSR count). The number of aromatic nitrogens is 2. The molecule has 5 nitrogen and oxygen atoms in total. The fraction of sp³-hybridized carbons (Fsp3) is 0.111. The Morgan fingerprint density at radius 2 is 0.575 bits per heavy atom. The lowest BCUT2D eigenvalue weighted by Gasteiger charge is -2.36. The molecule has 0 N–H and O–H groups in total. The molecule has 422 valence electrons. The smallest absolute Gasteiger partial charge is 0.0562 e. The summed E-state index contributed by atoms with van der Waals surface area (Å²) < 4.78 is 7.40. The van der Waals surface area contributed by atoms with Crippen LogP contribution in [0.15, 0.2) is 243 Å². The molecule has 0 aliphatic heterocycles. The zero-order valence-electron chi connectivity index (χ0n) is 50.7. The van der Waals surface area contributed by atoms with Gasteiger partial charge in [0, 0.05) is 53.1 Å². The van der Waals surface area contributed by atoms with Crippen molar-refractivity contribution in [3.05, 3.63) is 293 Å². The Hall–Kier alpha value is -10.1. The molecule has 0 aliphatic rings. The number of thiophene rings is 1. The summed E-state index contributed by atoms with van der Waals surface area (Å²) in [5, 5.41) is 7.23. The minimum Gasteiger partial charge on any atom is -0.309 e. The van der Waals surface area contributed by atoms with E-state index < -0.39 is 0 Å². The van der Waals surface area contributed by atoms with E-state index in [9.17, 15) is 0 Å². The molecule has 0 fully saturated rings. The van der Waals surface area contributed by atoms with Crippen LogP contribution in [0, 0.1) is 62.3 Å². The molecule has 0 amide bonds. The highest BCUT2D eigenvalue weighted by molar-refractivity contribution is 7.26. The van der Waals surface area contributed by atoms with Crippen LogP contribution < -0.4 is 14.7 Å². The first-order valence-corrected chi connectivity index (χ1v) is 31.1. The number of rotatable bonds is 11. The van der Waals surface area contributed by atoms with Gasteiger partial charge in [-0.05, 0) is 193 Å². The van der Waals surface area contributed by atoms with E-state index in [0.29, 0.717) is 0 Å². The van der Waals surface area contributed by atoms with Gasteiger partial charge >= 0.3 is 0 Å². The molecule has 12 aromatic carbocycles. The number of hydrogen-bond acceptors (Lipinski definition) is 4. The lowest BCUT2D eigenvalue weighted by molar-refractivity contribution is 1.17. The highest BCUT2D eigenvalue weighted by atomic mass is 32.1. The first-order chi connectivity index (χ1) is 42.4. The maximum atomic E-state index is 2.60. The van der Waals surface area contributed by atoms with E-state index in [1.54, 1.807) is 0 Å². The summed E-state index contributed by atoms with van der Waals surface area (Å²) in [6, 6.07) is 90.8. The fourth-order valence-electron chi connectivity index (χ4n) is 14.7. The van der Waals surface area contributed by atoms with E-state index in [2.05, 4.69) is 329 Å². The molecule has 3 heterocycles. The molecular weight excluding hydrogens is 1070 g/mol. The van der Waals surface area contributed by atoms with Gasteiger partial charge in [0.1, 0.15) is 0 Å². The highest BCUT2D eigenvalue weighted by Gasteiger charge is 2.31. The summed E-state index contributed by atoms with van der Waals surface area (Å²) in [5.41, 5.74) is 27.6. The van der Waals surface area contributed by atoms with Gasteiger partial charge in [-0.3, -0.25) is 0 Å². The molecule has 0 saturated carbocycles. The van der Waals surface area contributed by atoms with E-state index in [0.717, 1.165) is 84.6 Å². The maximum absolute atomic E-state index is 2.60. The van der Waals surface area contributed by atoms with Crippen LogP contribution in [0.2, 0.25) is 0 Å². The predicted molar refractivity (Wildman–Crippen MR) is 375 cm³/mol. The van der Waals surface area contributed by atoms with Crippen LogP contribution in [0.5, 0.6) is 0 Å². The van der Waals surface area contributed by atoms with Crippen molar-refractivity contribution >= 4 is 126 Å². The Kier molecular flexibility index (Phi) is 13.0. The molecule has 0 spiro atoms. The van der Waals surface area contributed by atoms with Crippen LogP contribution in [-0.2, 0) is 0 Å². The molecule has 0 unspecified atom stereocenters. The summed E-state index contributed by atoms with van der Waals surface area (Å²) >= 11 is 1.87. The van der Waals surface area contributed by atoms with E-state index in [-0.39, 0.29) is 0 Å². The molecule has 0 bridgehead atoms. The zero-order valence-corrected chi connectivity index (χ0v) is 51.6. The molecule has 0 atom stereocenters. The molecule has 15 aromatic rings. The molecule has 87 heavy (non-hydrogen) atoms. The quantitative estimate of drug-likeness (QED) is 0.129. The lowest BCUT2D eigenvalue weighted by Crippen LogP contribution is -2.19. The van der Waals surface area contributed by atoms with Crippen molar-refractivity contribution in [3.63, 3.8) is 0 Å². The molecular formula is C81H67N5S. The van der Waals surface area contributed by atoms with E-state index in [4.69, 9.17) is 0 Å². The van der Waals surface area contributed by atoms with Gasteiger partial charge < -0.3 is 23.8 Å². The largest absolute Gasteiger partial charge is 0.309 e. The minimum atomic E-state index is 1.03. The lowest BCUT2D eigenvalue weighted by atomic mass is 9.98. The third kappa shape index (κ3) is 8.80. The van der Waals surface area contributed by atoms with Gasteiger partial charge in [-0.25, -0.2) is 0 Å². The Labute approximate surface area is 513 Å². The Bertz CT molecular complexity index is 4930. The van der Waals surface area contributed by atoms with Gasteiger partial charge in [-0.15, -0.1) is 11.3 Å². The first kappa shape index (κ1) is 53.6. The summed E-state index contributed by atoms with van der Waals surface area (Å²) in [5.74, 6) is 0. The predicted octanol–water partition coefficient (Wildman–Crippen LogP) is 23.4. The second-order valence-electron chi connectivity index (χ2n) is 23.9. The normalized spacial score (nSPS) is 11.7. The van der Waals surface area contributed by atoms with Crippen molar-refractivity contribution in [3.8, 4) is 11.4 Å². The average Bonchev–Trinajstić information content (AvgIpc) is 1.71. The molecule has 0 radical (unpaired) electrons. The van der Waals surface area contributed by atoms with Crippen molar-refractivity contribution in [2.45, 2.75) is 62.3 Å². The number of nitrogens with zero attached hydrogens (tertiary/aromatic N) is 5. The molecule has 0 aliphatic carbocycles. The van der Waals surface area contributed by atoms with Crippen LogP contribution in [0.1, 0.15) is 50.1 Å². The van der Waals surface area contributed by atoms with Crippen molar-refractivity contribution in [1.82, 2.24) is 9.13 Å². The number of hydrogen-bond donors (Lipinski definition) is 0. The van der Waals surface area contributed by atoms with E-state index in [1.807, 2.05) is 11.3 Å². The zero-order chi connectivity index (χ0) is 59.4. The monoisotopic (exact) mass is 1140 g/mol. The van der Waals surface area contributed by atoms with E-state index in [1.165, 1.54) is 91.8 Å². The summed E-state index contributed by atoms with van der Waals surface area (Å²) in [6.45, 7) is 20.4. The SMILES string of the molecule is Cc1cc(C)c(N(c2cc(N(c3c(C)cc(C)cc3C)c3cccc4c3c3ccccc3n4-c3ccccc3)cc(N(c3c(C)cc(C)cc3C)c3cccc4c3c3ccccc3n4-c3ccccc3)c2)c2cccc3sc4ccccc4c23)c(C)c1. The number of benzene rings is 12. The minimum absolute atomic E-state index is 1.03. The third-order valence-electron chi connectivity index (χ3n) is 17.7. The topological polar surface area (TPSA) is 19.6 Å². The summed E-state index contributed by atoms with van der Waals surface area (Å²) in [6.07, 6.45) is 0. The van der Waals surface area contributed by atoms with Gasteiger partial charge in [0.15, 0.2) is 0 Å². The van der Waals surface area contributed by atoms with Crippen LogP contribution in [-0.4, -0.2) is 9.13 Å². The molecule has 3 aromatic heterocycles. The van der Waals surface area contributed by atoms with Crippen molar-refractivity contribution in [2.75, 3.05) is 14.7 Å². The number of fused-ring (bicyclic) bond motifs is 9. The Morgan fingerprint density at radius 1 is 0.264 bits per heavy atom. The van der Waals surface area contributed by atoms with Crippen molar-refractivity contribution < 1.29 is 0 Å². The number of para-hydroxylation sites is 4. The Morgan fingerprint density at radius 3 is 0.977 bits per heavy atom. The Balaban J connectivity index is 1.13. The van der Waals surface area contributed by atoms with Gasteiger partial charge in [0.25, 0.3) is 0 Å². The summed E-state index contributed by atoms with van der Waals surface area (Å²) in [4.78, 5) is 7.80. The molecule has 6 heteroatoms. The van der Waals surface area contributed by atoms with Crippen LogP contribution >= 0.6 is 11.3 Å². The molecule has 0 saturated heterocycles. The van der Waals surface area contributed by atoms with Gasteiger partial charge in [-0.1, -0.05) is 162 Å². The fourth-order valence-corrected chi connectivity index (χ4v) is 15.9. The van der Waals surface area contributed by atoms with Crippen molar-refractivity contribution in [2.24, 2.45) is 0 Å². The standard InChI is InChI=1S/C81H67N5S/c1-50-41-53(4)79(54(5)42-50)84(71-36-22-34-69-76(71)64-29-16-19-32-67(64)82(69)59-25-12-10-13-26-59)61-47-62(49-63(48-61)86(81-57(8)45-52(3)46-58(81)9)73-38-24-40-75-78(73)66-31-18-21-39-74(66)87-75)85(80-55(6)43-51(2)44-56(80)7)72-37-23-35-70-77(72)65-30-17-20-33-68(65)83(70)60-27-14-11-15-28-60/h10-49H,1-9H3. The summed E-state index contributed by atoms with van der Waals surface area (Å²) in [7, 11) is 0. The number of aryl methyl sites for hydroxylation is 9. The van der Waals surface area contributed by atoms with Gasteiger partial charge in [0.2, 0.25) is 0 Å². The maximum Gasteiger partial charge on any atom is 0.0562 e. The van der Waals surface area contributed by atoms with E-state index >= 15 is 0 Å². The average molecular weight is 1140 g/mol. The second-order valence-corrected chi connectivity index (χ2v) is 25.0. The highest BCUT2D eigenvalue weighted by Crippen LogP contribution is 2.54. The third-order valence-corrected chi connectivity index (χ3v) is 18.9. The first-order valence-electron chi connectivity index (χ1n) is 30.2. The van der Waals surface area contributed by atoms with Crippen LogP contribution in [0.25, 0.3) is 75.2 Å². The van der Waals surface area contributed by atoms with Crippen molar-refractivity contribution in [1.29, 1.82) is 0 Å². The number of anilines is 9. The second kappa shape index (κ2) is 21.1. The van der Waals surface area contributed by atoms with Gasteiger partial charge in [0.05, 0.1) is 73.3 Å². The van der Waals surface area contributed by atoms with Crippen LogP contribution in [0.4, 0.5) is 51.2 Å².